The molecule has 2 aromatic rings. The Morgan fingerprint density at radius 3 is 2.34 bits per heavy atom. The SMILES string of the molecule is CSCCC(NC(=O)c1ccccc1Br)C(=O)NCc1ccc(CN(C)C)cc1. The van der Waals surface area contributed by atoms with Crippen molar-refractivity contribution in [1.29, 1.82) is 0 Å². The number of hydrogen-bond acceptors (Lipinski definition) is 4. The van der Waals surface area contributed by atoms with Crippen LogP contribution in [0.2, 0.25) is 0 Å². The van der Waals surface area contributed by atoms with E-state index in [0.717, 1.165) is 17.9 Å². The van der Waals surface area contributed by atoms with E-state index in [1.165, 1.54) is 5.56 Å². The zero-order chi connectivity index (χ0) is 21.2. The molecule has 0 spiro atoms. The maximum Gasteiger partial charge on any atom is 0.253 e. The van der Waals surface area contributed by atoms with Gasteiger partial charge in [0.1, 0.15) is 6.04 Å². The van der Waals surface area contributed by atoms with Crippen LogP contribution in [-0.2, 0) is 17.9 Å². The summed E-state index contributed by atoms with van der Waals surface area (Å²) in [5.74, 6) is 0.358. The van der Waals surface area contributed by atoms with Crippen molar-refractivity contribution in [2.24, 2.45) is 0 Å². The van der Waals surface area contributed by atoms with E-state index in [1.54, 1.807) is 23.9 Å². The van der Waals surface area contributed by atoms with Gasteiger partial charge in [0.25, 0.3) is 5.91 Å². The smallest absolute Gasteiger partial charge is 0.253 e. The van der Waals surface area contributed by atoms with Crippen LogP contribution in [0, 0.1) is 0 Å². The summed E-state index contributed by atoms with van der Waals surface area (Å²) in [7, 11) is 4.07. The summed E-state index contributed by atoms with van der Waals surface area (Å²) in [5, 5.41) is 5.83. The van der Waals surface area contributed by atoms with Crippen molar-refractivity contribution >= 4 is 39.5 Å². The van der Waals surface area contributed by atoms with Gasteiger partial charge in [-0.15, -0.1) is 0 Å². The van der Waals surface area contributed by atoms with Crippen molar-refractivity contribution < 1.29 is 9.59 Å². The maximum atomic E-state index is 12.7. The minimum absolute atomic E-state index is 0.170. The first-order valence-corrected chi connectivity index (χ1v) is 11.6. The second kappa shape index (κ2) is 12.0. The Kier molecular flexibility index (Phi) is 9.70. The van der Waals surface area contributed by atoms with Gasteiger partial charge in [0.15, 0.2) is 0 Å². The molecule has 2 rings (SSSR count). The highest BCUT2D eigenvalue weighted by molar-refractivity contribution is 9.10. The molecule has 2 amide bonds. The van der Waals surface area contributed by atoms with E-state index in [4.69, 9.17) is 0 Å². The second-order valence-corrected chi connectivity index (χ2v) is 8.90. The number of thioether (sulfide) groups is 1. The van der Waals surface area contributed by atoms with E-state index in [9.17, 15) is 9.59 Å². The van der Waals surface area contributed by atoms with Crippen LogP contribution in [0.5, 0.6) is 0 Å². The van der Waals surface area contributed by atoms with E-state index < -0.39 is 6.04 Å². The van der Waals surface area contributed by atoms with Crippen LogP contribution in [0.1, 0.15) is 27.9 Å². The summed E-state index contributed by atoms with van der Waals surface area (Å²) in [6.45, 7) is 1.31. The molecule has 156 valence electrons. The Morgan fingerprint density at radius 1 is 1.07 bits per heavy atom. The predicted octanol–water partition coefficient (Wildman–Crippen LogP) is 3.68. The lowest BCUT2D eigenvalue weighted by molar-refractivity contribution is -0.123. The molecular formula is C22H28BrN3O2S. The zero-order valence-corrected chi connectivity index (χ0v) is 19.5. The Bertz CT molecular complexity index is 812. The quantitative estimate of drug-likeness (QED) is 0.547. The summed E-state index contributed by atoms with van der Waals surface area (Å²) in [6, 6.07) is 14.8. The van der Waals surface area contributed by atoms with E-state index in [2.05, 4.69) is 43.6 Å². The Morgan fingerprint density at radius 2 is 1.72 bits per heavy atom. The highest BCUT2D eigenvalue weighted by Crippen LogP contribution is 2.16. The molecule has 0 aliphatic heterocycles. The predicted molar refractivity (Wildman–Crippen MR) is 124 cm³/mol. The van der Waals surface area contributed by atoms with Crippen molar-refractivity contribution in [3.05, 3.63) is 69.7 Å². The molecule has 1 unspecified atom stereocenters. The molecule has 0 bridgehead atoms. The molecule has 0 aliphatic rings. The Balaban J connectivity index is 1.97. The number of hydrogen-bond donors (Lipinski definition) is 2. The van der Waals surface area contributed by atoms with E-state index >= 15 is 0 Å². The first kappa shape index (κ1) is 23.4. The standard InChI is InChI=1S/C22H28BrN3O2S/c1-26(2)15-17-10-8-16(9-11-17)14-24-22(28)20(12-13-29-3)25-21(27)18-6-4-5-7-19(18)23/h4-11,20H,12-15H2,1-3H3,(H,24,28)(H,25,27). The molecule has 0 aliphatic carbocycles. The van der Waals surface area contributed by atoms with Gasteiger partial charge in [0.05, 0.1) is 5.56 Å². The van der Waals surface area contributed by atoms with Crippen LogP contribution in [0.4, 0.5) is 0 Å². The van der Waals surface area contributed by atoms with Crippen LogP contribution in [0.15, 0.2) is 53.0 Å². The Labute approximate surface area is 185 Å². The Hall–Kier alpha value is -1.83. The maximum absolute atomic E-state index is 12.7. The van der Waals surface area contributed by atoms with Gasteiger partial charge in [0, 0.05) is 17.6 Å². The molecule has 0 saturated carbocycles. The van der Waals surface area contributed by atoms with Crippen LogP contribution < -0.4 is 10.6 Å². The van der Waals surface area contributed by atoms with Crippen LogP contribution >= 0.6 is 27.7 Å². The van der Waals surface area contributed by atoms with Gasteiger partial charge >= 0.3 is 0 Å². The van der Waals surface area contributed by atoms with E-state index in [1.807, 2.05) is 44.6 Å². The minimum atomic E-state index is -0.574. The molecule has 2 aromatic carbocycles. The molecule has 0 saturated heterocycles. The number of amides is 2. The topological polar surface area (TPSA) is 61.4 Å². The van der Waals surface area contributed by atoms with Crippen molar-refractivity contribution in [3.8, 4) is 0 Å². The summed E-state index contributed by atoms with van der Waals surface area (Å²) in [5.41, 5.74) is 2.77. The van der Waals surface area contributed by atoms with Gasteiger partial charge in [0.2, 0.25) is 5.91 Å². The number of nitrogens with zero attached hydrogens (tertiary/aromatic N) is 1. The fraction of sp³-hybridized carbons (Fsp3) is 0.364. The van der Waals surface area contributed by atoms with Gasteiger partial charge < -0.3 is 15.5 Å². The average molecular weight is 478 g/mol. The summed E-state index contributed by atoms with van der Waals surface area (Å²) in [6.07, 6.45) is 2.56. The number of nitrogens with one attached hydrogen (secondary N) is 2. The fourth-order valence-corrected chi connectivity index (χ4v) is 3.76. The number of rotatable bonds is 10. The average Bonchev–Trinajstić information content (AvgIpc) is 2.70. The lowest BCUT2D eigenvalue weighted by Crippen LogP contribution is -2.47. The third-order valence-electron chi connectivity index (χ3n) is 4.34. The minimum Gasteiger partial charge on any atom is -0.350 e. The molecular weight excluding hydrogens is 450 g/mol. The summed E-state index contributed by atoms with van der Waals surface area (Å²) < 4.78 is 0.708. The third kappa shape index (κ3) is 7.84. The molecule has 5 nitrogen and oxygen atoms in total. The lowest BCUT2D eigenvalue weighted by atomic mass is 10.1. The lowest BCUT2D eigenvalue weighted by Gasteiger charge is -2.19. The van der Waals surface area contributed by atoms with Gasteiger partial charge in [-0.2, -0.15) is 11.8 Å². The number of halogens is 1. The van der Waals surface area contributed by atoms with Crippen LogP contribution in [-0.4, -0.2) is 48.9 Å². The summed E-state index contributed by atoms with van der Waals surface area (Å²) in [4.78, 5) is 27.5. The molecule has 0 radical (unpaired) electrons. The first-order chi connectivity index (χ1) is 13.9. The summed E-state index contributed by atoms with van der Waals surface area (Å²) >= 11 is 5.04. The van der Waals surface area contributed by atoms with E-state index in [0.29, 0.717) is 23.0 Å². The number of carbonyl (C=O) groups is 2. The number of carbonyl (C=O) groups excluding carboxylic acids is 2. The molecule has 0 heterocycles. The van der Waals surface area contributed by atoms with Crippen LogP contribution in [0.3, 0.4) is 0 Å². The molecule has 0 fully saturated rings. The molecule has 2 N–H and O–H groups in total. The van der Waals surface area contributed by atoms with Gasteiger partial charge in [-0.25, -0.2) is 0 Å². The van der Waals surface area contributed by atoms with Gasteiger partial charge in [-0.05, 0) is 71.7 Å². The van der Waals surface area contributed by atoms with Crippen molar-refractivity contribution in [3.63, 3.8) is 0 Å². The van der Waals surface area contributed by atoms with Crippen molar-refractivity contribution in [1.82, 2.24) is 15.5 Å². The number of benzene rings is 2. The molecule has 0 aromatic heterocycles. The second-order valence-electron chi connectivity index (χ2n) is 7.06. The zero-order valence-electron chi connectivity index (χ0n) is 17.1. The highest BCUT2D eigenvalue weighted by atomic mass is 79.9. The monoisotopic (exact) mass is 477 g/mol. The largest absolute Gasteiger partial charge is 0.350 e. The normalized spacial score (nSPS) is 11.9. The third-order valence-corrected chi connectivity index (χ3v) is 5.67. The van der Waals surface area contributed by atoms with Crippen LogP contribution in [0.25, 0.3) is 0 Å². The van der Waals surface area contributed by atoms with Gasteiger partial charge in [-0.1, -0.05) is 36.4 Å². The van der Waals surface area contributed by atoms with Crippen molar-refractivity contribution in [2.45, 2.75) is 25.6 Å². The van der Waals surface area contributed by atoms with Crippen molar-refractivity contribution in [2.75, 3.05) is 26.1 Å². The first-order valence-electron chi connectivity index (χ1n) is 9.45. The molecule has 1 atom stereocenters. The van der Waals surface area contributed by atoms with Gasteiger partial charge in [-0.3, -0.25) is 9.59 Å². The van der Waals surface area contributed by atoms with E-state index in [-0.39, 0.29) is 11.8 Å². The fourth-order valence-electron chi connectivity index (χ4n) is 2.83. The molecule has 7 heteroatoms. The molecule has 29 heavy (non-hydrogen) atoms. The highest BCUT2D eigenvalue weighted by Gasteiger charge is 2.21.